The van der Waals surface area contributed by atoms with Gasteiger partial charge in [0, 0.05) is 41.3 Å². The van der Waals surface area contributed by atoms with Crippen LogP contribution in [-0.4, -0.2) is 39.2 Å². The number of carbonyl (C=O) groups excluding carboxylic acids is 1. The molecule has 30 heavy (non-hydrogen) atoms. The molecule has 0 aliphatic carbocycles. The third-order valence-electron chi connectivity index (χ3n) is 4.67. The summed E-state index contributed by atoms with van der Waals surface area (Å²) >= 11 is 15.2. The number of rotatable bonds is 6. The summed E-state index contributed by atoms with van der Waals surface area (Å²) in [5.41, 5.74) is 0.858. The maximum absolute atomic E-state index is 12.7. The molecule has 0 radical (unpaired) electrons. The van der Waals surface area contributed by atoms with Gasteiger partial charge in [0.2, 0.25) is 17.0 Å². The lowest BCUT2D eigenvalue weighted by Crippen LogP contribution is -2.41. The lowest BCUT2D eigenvalue weighted by Gasteiger charge is -2.31. The molecule has 1 amide bonds. The predicted octanol–water partition coefficient (Wildman–Crippen LogP) is 4.78. The van der Waals surface area contributed by atoms with Crippen molar-refractivity contribution < 1.29 is 4.79 Å². The molecule has 0 saturated carbocycles. The molecule has 0 unspecified atom stereocenters. The van der Waals surface area contributed by atoms with Gasteiger partial charge in [-0.15, -0.1) is 10.2 Å². The minimum Gasteiger partial charge on any atom is -0.340 e. The highest BCUT2D eigenvalue weighted by Crippen LogP contribution is 2.34. The van der Waals surface area contributed by atoms with Crippen molar-refractivity contribution in [1.29, 1.82) is 0 Å². The van der Waals surface area contributed by atoms with Crippen LogP contribution in [-0.2, 0) is 10.5 Å². The zero-order valence-corrected chi connectivity index (χ0v) is 18.9. The zero-order chi connectivity index (χ0) is 20.9. The van der Waals surface area contributed by atoms with Gasteiger partial charge in [-0.3, -0.25) is 4.79 Å². The van der Waals surface area contributed by atoms with E-state index in [1.807, 2.05) is 23.1 Å². The molecule has 1 N–H and O–H groups in total. The average molecular weight is 481 g/mol. The van der Waals surface area contributed by atoms with Crippen molar-refractivity contribution in [2.45, 2.75) is 22.9 Å². The van der Waals surface area contributed by atoms with Gasteiger partial charge in [0.05, 0.1) is 5.92 Å². The number of halogens is 2. The fraction of sp³-hybridized carbons (Fsp3) is 0.316. The first-order valence-corrected chi connectivity index (χ1v) is 11.9. The van der Waals surface area contributed by atoms with Crippen LogP contribution in [0.3, 0.4) is 0 Å². The van der Waals surface area contributed by atoms with Crippen molar-refractivity contribution in [2.24, 2.45) is 5.92 Å². The van der Waals surface area contributed by atoms with E-state index in [4.69, 9.17) is 23.2 Å². The third kappa shape index (κ3) is 5.21. The molecular formula is C19H18Cl2N6OS2. The van der Waals surface area contributed by atoms with Gasteiger partial charge < -0.3 is 10.2 Å². The molecule has 1 saturated heterocycles. The Morgan fingerprint density at radius 2 is 1.97 bits per heavy atom. The fourth-order valence-corrected chi connectivity index (χ4v) is 5.65. The van der Waals surface area contributed by atoms with E-state index in [9.17, 15) is 4.79 Å². The second-order valence-corrected chi connectivity index (χ2v) is 9.70. The van der Waals surface area contributed by atoms with E-state index in [1.54, 1.807) is 18.5 Å². The molecular weight excluding hydrogens is 463 g/mol. The molecule has 0 spiro atoms. The molecule has 11 heteroatoms. The first-order chi connectivity index (χ1) is 14.6. The number of amides is 1. The molecule has 4 rings (SSSR count). The number of hydrogen-bond donors (Lipinski definition) is 1. The molecule has 2 aromatic heterocycles. The highest BCUT2D eigenvalue weighted by Gasteiger charge is 2.27. The Bertz CT molecular complexity index is 999. The molecule has 1 aliphatic rings. The van der Waals surface area contributed by atoms with Crippen LogP contribution < -0.4 is 10.2 Å². The van der Waals surface area contributed by atoms with Gasteiger partial charge >= 0.3 is 0 Å². The van der Waals surface area contributed by atoms with Crippen LogP contribution in [0.4, 0.5) is 11.1 Å². The lowest BCUT2D eigenvalue weighted by atomic mass is 9.97. The zero-order valence-electron chi connectivity index (χ0n) is 15.8. The smallest absolute Gasteiger partial charge is 0.231 e. The van der Waals surface area contributed by atoms with Crippen LogP contribution in [0.25, 0.3) is 0 Å². The topological polar surface area (TPSA) is 83.9 Å². The number of piperidine rings is 1. The van der Waals surface area contributed by atoms with Crippen LogP contribution in [0, 0.1) is 5.92 Å². The van der Waals surface area contributed by atoms with Crippen LogP contribution in [0.1, 0.15) is 18.4 Å². The van der Waals surface area contributed by atoms with Gasteiger partial charge in [-0.1, -0.05) is 52.4 Å². The molecule has 3 aromatic rings. The minimum atomic E-state index is -0.149. The van der Waals surface area contributed by atoms with E-state index in [2.05, 4.69) is 25.5 Å². The molecule has 156 valence electrons. The number of carbonyl (C=O) groups is 1. The number of aromatic nitrogens is 4. The Morgan fingerprint density at radius 1 is 1.20 bits per heavy atom. The van der Waals surface area contributed by atoms with E-state index in [0.29, 0.717) is 33.4 Å². The van der Waals surface area contributed by atoms with Crippen LogP contribution in [0.2, 0.25) is 10.0 Å². The highest BCUT2D eigenvalue weighted by atomic mass is 35.5. The summed E-state index contributed by atoms with van der Waals surface area (Å²) in [5, 5.41) is 12.9. The number of nitrogens with one attached hydrogen (secondary N) is 1. The average Bonchev–Trinajstić information content (AvgIpc) is 3.21. The van der Waals surface area contributed by atoms with E-state index in [0.717, 1.165) is 29.3 Å². The first kappa shape index (κ1) is 21.3. The Balaban J connectivity index is 1.33. The predicted molar refractivity (Wildman–Crippen MR) is 122 cm³/mol. The van der Waals surface area contributed by atoms with Crippen LogP contribution in [0.5, 0.6) is 0 Å². The molecule has 3 heterocycles. The molecule has 1 aliphatic heterocycles. The standard InChI is InChI=1S/C19H18Cl2N6OS2/c20-14-5-1-6-15(21)13(14)11-29-19-26-25-18(30-19)24-16(28)12-4-2-9-27(10-12)17-22-7-3-8-23-17/h1,3,5-8,12H,2,4,9-11H2,(H,24,25,28)/t12-/m0/s1. The lowest BCUT2D eigenvalue weighted by molar-refractivity contribution is -0.120. The van der Waals surface area contributed by atoms with Gasteiger partial charge in [-0.05, 0) is 36.6 Å². The van der Waals surface area contributed by atoms with Crippen LogP contribution in [0.15, 0.2) is 41.0 Å². The summed E-state index contributed by atoms with van der Waals surface area (Å²) in [6, 6.07) is 7.21. The Morgan fingerprint density at radius 3 is 2.73 bits per heavy atom. The maximum atomic E-state index is 12.7. The number of nitrogens with zero attached hydrogens (tertiary/aromatic N) is 5. The summed E-state index contributed by atoms with van der Waals surface area (Å²) in [5.74, 6) is 1.03. The van der Waals surface area contributed by atoms with Gasteiger partial charge in [0.1, 0.15) is 0 Å². The molecule has 7 nitrogen and oxygen atoms in total. The quantitative estimate of drug-likeness (QED) is 0.401. The van der Waals surface area contributed by atoms with E-state index in [1.165, 1.54) is 23.1 Å². The van der Waals surface area contributed by atoms with E-state index >= 15 is 0 Å². The SMILES string of the molecule is O=C(Nc1nnc(SCc2c(Cl)cccc2Cl)s1)[C@H]1CCCN(c2ncccn2)C1. The Kier molecular flexibility index (Phi) is 7.04. The summed E-state index contributed by atoms with van der Waals surface area (Å²) in [4.78, 5) is 23.4. The van der Waals surface area contributed by atoms with E-state index in [-0.39, 0.29) is 11.8 Å². The minimum absolute atomic E-state index is 0.0579. The Labute approximate surface area is 192 Å². The van der Waals surface area contributed by atoms with Crippen molar-refractivity contribution in [1.82, 2.24) is 20.2 Å². The normalized spacial score (nSPS) is 16.5. The van der Waals surface area contributed by atoms with Gasteiger partial charge in [0.25, 0.3) is 0 Å². The van der Waals surface area contributed by atoms with Gasteiger partial charge in [-0.2, -0.15) is 0 Å². The molecule has 0 bridgehead atoms. The largest absolute Gasteiger partial charge is 0.340 e. The summed E-state index contributed by atoms with van der Waals surface area (Å²) < 4.78 is 0.740. The van der Waals surface area contributed by atoms with Crippen LogP contribution >= 0.6 is 46.3 Å². The highest BCUT2D eigenvalue weighted by molar-refractivity contribution is 8.00. The van der Waals surface area contributed by atoms with Gasteiger partial charge in [-0.25, -0.2) is 9.97 Å². The monoisotopic (exact) mass is 480 g/mol. The number of benzene rings is 1. The second kappa shape index (κ2) is 9.91. The molecule has 1 atom stereocenters. The molecule has 1 fully saturated rings. The Hall–Kier alpha value is -1.94. The van der Waals surface area contributed by atoms with Crippen molar-refractivity contribution in [2.75, 3.05) is 23.3 Å². The fourth-order valence-electron chi connectivity index (χ4n) is 3.16. The number of hydrogen-bond acceptors (Lipinski definition) is 8. The van der Waals surface area contributed by atoms with Crippen molar-refractivity contribution >= 4 is 63.3 Å². The van der Waals surface area contributed by atoms with Crippen molar-refractivity contribution in [3.63, 3.8) is 0 Å². The number of anilines is 2. The second-order valence-electron chi connectivity index (χ2n) is 6.69. The first-order valence-electron chi connectivity index (χ1n) is 9.32. The third-order valence-corrected chi connectivity index (χ3v) is 7.37. The summed E-state index contributed by atoms with van der Waals surface area (Å²) in [7, 11) is 0. The summed E-state index contributed by atoms with van der Waals surface area (Å²) in [6.45, 7) is 1.43. The van der Waals surface area contributed by atoms with Gasteiger partial charge in [0.15, 0.2) is 4.34 Å². The number of thioether (sulfide) groups is 1. The molecule has 1 aromatic carbocycles. The van der Waals surface area contributed by atoms with E-state index < -0.39 is 0 Å². The van der Waals surface area contributed by atoms with Crippen molar-refractivity contribution in [3.05, 3.63) is 52.3 Å². The summed E-state index contributed by atoms with van der Waals surface area (Å²) in [6.07, 6.45) is 5.15. The van der Waals surface area contributed by atoms with Crippen molar-refractivity contribution in [3.8, 4) is 0 Å². The maximum Gasteiger partial charge on any atom is 0.231 e.